The number of carbonyl (C=O) groups excluding carboxylic acids is 1. The second-order valence-electron chi connectivity index (χ2n) is 9.76. The molecule has 1 aromatic carbocycles. The Bertz CT molecular complexity index is 1790. The van der Waals surface area contributed by atoms with Crippen LogP contribution in [0.2, 0.25) is 0 Å². The van der Waals surface area contributed by atoms with E-state index < -0.39 is 74.8 Å². The highest BCUT2D eigenvalue weighted by Crippen LogP contribution is 2.36. The molecule has 2 atom stereocenters. The molecule has 17 heteroatoms. The van der Waals surface area contributed by atoms with E-state index in [2.05, 4.69) is 20.3 Å². The van der Waals surface area contributed by atoms with Crippen molar-refractivity contribution in [2.75, 3.05) is 0 Å². The third-order valence-electron chi connectivity index (χ3n) is 6.84. The van der Waals surface area contributed by atoms with E-state index >= 15 is 0 Å². The number of nitrogens with zero attached hydrogens (tertiary/aromatic N) is 4. The van der Waals surface area contributed by atoms with Crippen LogP contribution in [0.15, 0.2) is 58.4 Å². The fourth-order valence-corrected chi connectivity index (χ4v) is 6.59. The molecule has 1 aliphatic rings. The molecule has 0 bridgehead atoms. The van der Waals surface area contributed by atoms with Crippen LogP contribution in [0.3, 0.4) is 0 Å². The van der Waals surface area contributed by atoms with Crippen LogP contribution < -0.4 is 5.32 Å². The molecule has 0 aliphatic carbocycles. The van der Waals surface area contributed by atoms with Crippen molar-refractivity contribution in [2.24, 2.45) is 0 Å². The van der Waals surface area contributed by atoms with Crippen LogP contribution >= 0.6 is 0 Å². The number of hydrogen-bond donors (Lipinski definition) is 1. The highest BCUT2D eigenvalue weighted by molar-refractivity contribution is 7.89. The number of rotatable bonds is 6. The van der Waals surface area contributed by atoms with E-state index in [-0.39, 0.29) is 35.1 Å². The van der Waals surface area contributed by atoms with E-state index in [1.54, 1.807) is 6.92 Å². The lowest BCUT2D eigenvalue weighted by Crippen LogP contribution is -2.48. The number of sulfonamides is 1. The highest BCUT2D eigenvalue weighted by atomic mass is 32.2. The second kappa shape index (κ2) is 10.9. The number of aromatic nitrogens is 3. The Morgan fingerprint density at radius 1 is 1.00 bits per heavy atom. The minimum Gasteiger partial charge on any atom is -0.443 e. The zero-order chi connectivity index (χ0) is 31.3. The lowest BCUT2D eigenvalue weighted by molar-refractivity contribution is -0.145. The topological polar surface area (TPSA) is 118 Å². The van der Waals surface area contributed by atoms with Crippen LogP contribution in [0.1, 0.15) is 36.7 Å². The molecule has 1 aliphatic heterocycles. The monoisotopic (exact) mass is 631 g/mol. The Hall–Kier alpha value is -4.12. The summed E-state index contributed by atoms with van der Waals surface area (Å²) in [5.74, 6) is -2.96. The molecule has 1 saturated heterocycles. The summed E-state index contributed by atoms with van der Waals surface area (Å²) in [6.07, 6.45) is -7.45. The maximum Gasteiger partial charge on any atom is 0.451 e. The molecule has 0 spiro atoms. The Morgan fingerprint density at radius 3 is 2.35 bits per heavy atom. The van der Waals surface area contributed by atoms with Crippen molar-refractivity contribution in [1.82, 2.24) is 24.6 Å². The summed E-state index contributed by atoms with van der Waals surface area (Å²) in [5.41, 5.74) is -1.90. The van der Waals surface area contributed by atoms with Crippen molar-refractivity contribution in [3.63, 3.8) is 0 Å². The van der Waals surface area contributed by atoms with Gasteiger partial charge >= 0.3 is 12.4 Å². The first-order valence-electron chi connectivity index (χ1n) is 12.5. The normalized spacial score (nSPS) is 18.3. The predicted molar refractivity (Wildman–Crippen MR) is 135 cm³/mol. The number of nitrogens with one attached hydrogen (secondary N) is 1. The molecule has 9 nitrogen and oxygen atoms in total. The summed E-state index contributed by atoms with van der Waals surface area (Å²) >= 11 is 0. The van der Waals surface area contributed by atoms with Crippen molar-refractivity contribution < 1.29 is 48.4 Å². The van der Waals surface area contributed by atoms with Gasteiger partial charge in [0.2, 0.25) is 16.8 Å². The molecular formula is C26H20F7N5O4S. The number of benzene rings is 1. The first-order valence-corrected chi connectivity index (χ1v) is 14.0. The summed E-state index contributed by atoms with van der Waals surface area (Å²) in [7, 11) is -4.43. The molecule has 1 amide bonds. The average Bonchev–Trinajstić information content (AvgIpc) is 3.54. The number of fused-ring (bicyclic) bond motifs is 1. The zero-order valence-electron chi connectivity index (χ0n) is 21.9. The van der Waals surface area contributed by atoms with Gasteiger partial charge in [-0.05, 0) is 49.6 Å². The summed E-state index contributed by atoms with van der Waals surface area (Å²) in [6, 6.07) is 3.47. The maximum absolute atomic E-state index is 13.7. The van der Waals surface area contributed by atoms with E-state index in [1.165, 1.54) is 6.07 Å². The standard InChI is InChI=1S/C26H20F7N5O4S/c1-13-2-4-20(38(13)43(40,41)22-8-14-6-17(27)3-5-21(14)42-22)23(39)35-9-15-7-19(34-12-18(15)25(28,29)30)16-10-36-24(37-11-16)26(31,32)33/h3,5-8,10-13,20H,2,4,9H2,1H3,(H,35,39)/t13-,20-/m0/s1. The average molecular weight is 632 g/mol. The lowest BCUT2D eigenvalue weighted by atomic mass is 10.1. The van der Waals surface area contributed by atoms with Crippen molar-refractivity contribution in [2.45, 2.75) is 55.8 Å². The molecule has 0 saturated carbocycles. The van der Waals surface area contributed by atoms with E-state index in [0.29, 0.717) is 6.20 Å². The number of carbonyl (C=O) groups is 1. The van der Waals surface area contributed by atoms with E-state index in [4.69, 9.17) is 4.42 Å². The van der Waals surface area contributed by atoms with Gasteiger partial charge in [0.05, 0.1) is 11.3 Å². The quantitative estimate of drug-likeness (QED) is 0.286. The predicted octanol–water partition coefficient (Wildman–Crippen LogP) is 5.32. The molecule has 5 rings (SSSR count). The lowest BCUT2D eigenvalue weighted by Gasteiger charge is -2.26. The van der Waals surface area contributed by atoms with Gasteiger partial charge in [-0.25, -0.2) is 22.8 Å². The highest BCUT2D eigenvalue weighted by Gasteiger charge is 2.45. The van der Waals surface area contributed by atoms with Gasteiger partial charge in [-0.3, -0.25) is 9.78 Å². The summed E-state index contributed by atoms with van der Waals surface area (Å²) in [6.45, 7) is 0.837. The number of furan rings is 1. The Labute approximate surface area is 238 Å². The number of alkyl halides is 6. The number of halogens is 7. The zero-order valence-corrected chi connectivity index (χ0v) is 22.7. The van der Waals surface area contributed by atoms with E-state index in [9.17, 15) is 43.9 Å². The maximum atomic E-state index is 13.7. The minimum atomic E-state index is -4.90. The third-order valence-corrected chi connectivity index (χ3v) is 8.72. The largest absolute Gasteiger partial charge is 0.451 e. The van der Waals surface area contributed by atoms with Crippen molar-refractivity contribution in [3.05, 3.63) is 71.7 Å². The molecular weight excluding hydrogens is 611 g/mol. The summed E-state index contributed by atoms with van der Waals surface area (Å²) in [5, 5.41) is 1.98. The second-order valence-corrected chi connectivity index (χ2v) is 11.5. The van der Waals surface area contributed by atoms with Crippen molar-refractivity contribution in [3.8, 4) is 11.3 Å². The Kier molecular flexibility index (Phi) is 7.66. The van der Waals surface area contributed by atoms with Crippen LogP contribution in [0.4, 0.5) is 30.7 Å². The molecule has 4 aromatic rings. The van der Waals surface area contributed by atoms with Gasteiger partial charge in [0.15, 0.2) is 0 Å². The first kappa shape index (κ1) is 30.3. The van der Waals surface area contributed by atoms with Crippen LogP contribution in [0.5, 0.6) is 0 Å². The molecule has 1 fully saturated rings. The molecule has 43 heavy (non-hydrogen) atoms. The Morgan fingerprint density at radius 2 is 1.70 bits per heavy atom. The molecule has 4 heterocycles. The van der Waals surface area contributed by atoms with Gasteiger partial charge in [0, 0.05) is 48.2 Å². The van der Waals surface area contributed by atoms with Crippen LogP contribution in [-0.2, 0) is 33.7 Å². The molecule has 0 radical (unpaired) electrons. The fourth-order valence-electron chi connectivity index (χ4n) is 4.80. The number of hydrogen-bond acceptors (Lipinski definition) is 7. The van der Waals surface area contributed by atoms with Crippen LogP contribution in [-0.4, -0.2) is 45.7 Å². The van der Waals surface area contributed by atoms with Gasteiger partial charge in [-0.2, -0.15) is 30.6 Å². The van der Waals surface area contributed by atoms with Gasteiger partial charge < -0.3 is 9.73 Å². The van der Waals surface area contributed by atoms with Crippen molar-refractivity contribution >= 4 is 26.9 Å². The molecule has 1 N–H and O–H groups in total. The van der Waals surface area contributed by atoms with Crippen LogP contribution in [0.25, 0.3) is 22.2 Å². The smallest absolute Gasteiger partial charge is 0.443 e. The van der Waals surface area contributed by atoms with Crippen molar-refractivity contribution in [1.29, 1.82) is 0 Å². The fraction of sp³-hybridized carbons (Fsp3) is 0.308. The van der Waals surface area contributed by atoms with Gasteiger partial charge in [0.25, 0.3) is 10.0 Å². The Balaban J connectivity index is 1.40. The summed E-state index contributed by atoms with van der Waals surface area (Å²) < 4.78 is 126. The first-order chi connectivity index (χ1) is 20.1. The van der Waals surface area contributed by atoms with E-state index in [0.717, 1.165) is 41.0 Å². The van der Waals surface area contributed by atoms with Gasteiger partial charge in [0.1, 0.15) is 17.4 Å². The number of pyridine rings is 1. The minimum absolute atomic E-state index is 0.0533. The molecule has 228 valence electrons. The third kappa shape index (κ3) is 6.04. The summed E-state index contributed by atoms with van der Waals surface area (Å²) in [4.78, 5) is 23.2. The van der Waals surface area contributed by atoms with Gasteiger partial charge in [-0.1, -0.05) is 0 Å². The van der Waals surface area contributed by atoms with E-state index in [1.807, 2.05) is 0 Å². The SMILES string of the molecule is C[C@H]1CC[C@@H](C(=O)NCc2cc(-c3cnc(C(F)(F)F)nc3)ncc2C(F)(F)F)N1S(=O)(=O)c1cc2cc(F)ccc2o1. The van der Waals surface area contributed by atoms with Gasteiger partial charge in [-0.15, -0.1) is 0 Å². The number of amides is 1. The van der Waals surface area contributed by atoms with Crippen LogP contribution in [0, 0.1) is 5.82 Å². The molecule has 3 aromatic heterocycles. The molecule has 0 unspecified atom stereocenters.